The summed E-state index contributed by atoms with van der Waals surface area (Å²) < 4.78 is 5.56. The summed E-state index contributed by atoms with van der Waals surface area (Å²) >= 11 is 1.53. The Morgan fingerprint density at radius 2 is 2.37 bits per heavy atom. The van der Waals surface area contributed by atoms with Crippen LogP contribution in [0.3, 0.4) is 0 Å². The summed E-state index contributed by atoms with van der Waals surface area (Å²) in [4.78, 5) is 15.6. The van der Waals surface area contributed by atoms with Crippen LogP contribution in [0.1, 0.15) is 24.8 Å². The van der Waals surface area contributed by atoms with E-state index in [2.05, 4.69) is 4.98 Å². The molecule has 1 aromatic rings. The quantitative estimate of drug-likeness (QED) is 0.678. The average molecular weight is 279 g/mol. The second-order valence-corrected chi connectivity index (χ2v) is 5.21. The van der Waals surface area contributed by atoms with Gasteiger partial charge in [-0.3, -0.25) is 0 Å². The van der Waals surface area contributed by atoms with Gasteiger partial charge in [0, 0.05) is 18.4 Å². The Labute approximate surface area is 116 Å². The van der Waals surface area contributed by atoms with E-state index < -0.39 is 5.97 Å². The van der Waals surface area contributed by atoms with Crippen molar-refractivity contribution in [2.45, 2.75) is 30.4 Å². The third-order valence-electron chi connectivity index (χ3n) is 3.05. The standard InChI is InChI=1S/C14H17NO3S/c1-19-13-6-5-10(9-15-13)12(14(16)17)8-11-4-2-3-7-18-11/h5-6,8-9,11H,2-4,7H2,1H3,(H,16,17). The van der Waals surface area contributed by atoms with Crippen molar-refractivity contribution in [3.05, 3.63) is 30.0 Å². The molecule has 1 unspecified atom stereocenters. The molecule has 4 nitrogen and oxygen atoms in total. The number of aromatic nitrogens is 1. The molecule has 2 rings (SSSR count). The van der Waals surface area contributed by atoms with E-state index in [9.17, 15) is 9.90 Å². The number of hydrogen-bond acceptors (Lipinski definition) is 4. The molecule has 0 radical (unpaired) electrons. The SMILES string of the molecule is CSc1ccc(C(=CC2CCCCO2)C(=O)O)cn1. The Kier molecular flexibility index (Phi) is 4.99. The van der Waals surface area contributed by atoms with Crippen LogP contribution in [0.2, 0.25) is 0 Å². The van der Waals surface area contributed by atoms with Gasteiger partial charge in [0.05, 0.1) is 16.7 Å². The van der Waals surface area contributed by atoms with Gasteiger partial charge in [-0.25, -0.2) is 9.78 Å². The molecule has 0 aromatic carbocycles. The Bertz CT molecular complexity index is 464. The molecule has 19 heavy (non-hydrogen) atoms. The fourth-order valence-electron chi connectivity index (χ4n) is 2.03. The average Bonchev–Trinajstić information content (AvgIpc) is 2.46. The molecule has 1 saturated heterocycles. The van der Waals surface area contributed by atoms with Gasteiger partial charge in [0.15, 0.2) is 0 Å². The molecular formula is C14H17NO3S. The van der Waals surface area contributed by atoms with Gasteiger partial charge in [-0.15, -0.1) is 11.8 Å². The summed E-state index contributed by atoms with van der Waals surface area (Å²) in [5.74, 6) is -0.937. The lowest BCUT2D eigenvalue weighted by Gasteiger charge is -2.20. The van der Waals surface area contributed by atoms with Crippen LogP contribution in [-0.4, -0.2) is 35.0 Å². The molecule has 1 fully saturated rings. The van der Waals surface area contributed by atoms with Gasteiger partial charge in [0.1, 0.15) is 0 Å². The number of nitrogens with zero attached hydrogens (tertiary/aromatic N) is 1. The van der Waals surface area contributed by atoms with Crippen LogP contribution in [0, 0.1) is 0 Å². The monoisotopic (exact) mass is 279 g/mol. The molecule has 2 heterocycles. The normalized spacial score (nSPS) is 20.3. The largest absolute Gasteiger partial charge is 0.478 e. The molecule has 0 spiro atoms. The Morgan fingerprint density at radius 3 is 2.89 bits per heavy atom. The predicted molar refractivity (Wildman–Crippen MR) is 75.2 cm³/mol. The van der Waals surface area contributed by atoms with E-state index >= 15 is 0 Å². The van der Waals surface area contributed by atoms with Crippen molar-refractivity contribution >= 4 is 23.3 Å². The molecule has 1 aliphatic rings. The topological polar surface area (TPSA) is 59.4 Å². The minimum atomic E-state index is -0.937. The fourth-order valence-corrected chi connectivity index (χ4v) is 2.40. The molecule has 0 amide bonds. The van der Waals surface area contributed by atoms with Gasteiger partial charge in [0.2, 0.25) is 0 Å². The highest BCUT2D eigenvalue weighted by atomic mass is 32.2. The van der Waals surface area contributed by atoms with Crippen LogP contribution in [-0.2, 0) is 9.53 Å². The van der Waals surface area contributed by atoms with E-state index in [1.807, 2.05) is 12.3 Å². The van der Waals surface area contributed by atoms with Crippen LogP contribution in [0.5, 0.6) is 0 Å². The van der Waals surface area contributed by atoms with Crippen molar-refractivity contribution in [3.63, 3.8) is 0 Å². The first-order chi connectivity index (χ1) is 9.20. The maximum Gasteiger partial charge on any atom is 0.336 e. The van der Waals surface area contributed by atoms with E-state index in [-0.39, 0.29) is 11.7 Å². The first-order valence-electron chi connectivity index (χ1n) is 6.28. The highest BCUT2D eigenvalue weighted by Crippen LogP contribution is 2.22. The highest BCUT2D eigenvalue weighted by molar-refractivity contribution is 7.98. The second kappa shape index (κ2) is 6.73. The van der Waals surface area contributed by atoms with Crippen LogP contribution in [0.15, 0.2) is 29.4 Å². The summed E-state index contributed by atoms with van der Waals surface area (Å²) in [6.45, 7) is 0.706. The summed E-state index contributed by atoms with van der Waals surface area (Å²) in [6.07, 6.45) is 8.17. The van der Waals surface area contributed by atoms with Crippen molar-refractivity contribution in [3.8, 4) is 0 Å². The first-order valence-corrected chi connectivity index (χ1v) is 7.50. The van der Waals surface area contributed by atoms with Crippen LogP contribution >= 0.6 is 11.8 Å². The fraction of sp³-hybridized carbons (Fsp3) is 0.429. The van der Waals surface area contributed by atoms with Crippen molar-refractivity contribution in [2.24, 2.45) is 0 Å². The molecule has 5 heteroatoms. The molecule has 1 N–H and O–H groups in total. The van der Waals surface area contributed by atoms with Crippen LogP contribution in [0.4, 0.5) is 0 Å². The number of aliphatic carboxylic acids is 1. The molecule has 1 aliphatic heterocycles. The van der Waals surface area contributed by atoms with Crippen LogP contribution in [0.25, 0.3) is 5.57 Å². The molecule has 0 saturated carbocycles. The van der Waals surface area contributed by atoms with Crippen LogP contribution < -0.4 is 0 Å². The number of carboxylic acids is 1. The Hall–Kier alpha value is -1.33. The molecular weight excluding hydrogens is 262 g/mol. The van der Waals surface area contributed by atoms with Crippen molar-refractivity contribution in [1.82, 2.24) is 4.98 Å². The number of ether oxygens (including phenoxy) is 1. The third-order valence-corrected chi connectivity index (χ3v) is 3.71. The summed E-state index contributed by atoms with van der Waals surface area (Å²) in [5.41, 5.74) is 0.895. The molecule has 1 atom stereocenters. The number of hydrogen-bond donors (Lipinski definition) is 1. The zero-order chi connectivity index (χ0) is 13.7. The second-order valence-electron chi connectivity index (χ2n) is 4.38. The van der Waals surface area contributed by atoms with E-state index in [4.69, 9.17) is 4.74 Å². The number of carbonyl (C=O) groups is 1. The predicted octanol–water partition coefficient (Wildman–Crippen LogP) is 2.84. The van der Waals surface area contributed by atoms with Crippen molar-refractivity contribution in [1.29, 1.82) is 0 Å². The van der Waals surface area contributed by atoms with Crippen molar-refractivity contribution in [2.75, 3.05) is 12.9 Å². The number of carboxylic acid groups (broad SMARTS) is 1. The van der Waals surface area contributed by atoms with E-state index in [1.54, 1.807) is 18.3 Å². The first kappa shape index (κ1) is 14.1. The van der Waals surface area contributed by atoms with Gasteiger partial charge in [-0.05, 0) is 43.7 Å². The summed E-state index contributed by atoms with van der Waals surface area (Å²) in [7, 11) is 0. The lowest BCUT2D eigenvalue weighted by Crippen LogP contribution is -2.18. The Morgan fingerprint density at radius 1 is 1.53 bits per heavy atom. The zero-order valence-corrected chi connectivity index (χ0v) is 11.7. The van der Waals surface area contributed by atoms with E-state index in [0.717, 1.165) is 24.3 Å². The molecule has 102 valence electrons. The van der Waals surface area contributed by atoms with Gasteiger partial charge in [-0.2, -0.15) is 0 Å². The molecule has 1 aromatic heterocycles. The zero-order valence-electron chi connectivity index (χ0n) is 10.8. The number of rotatable bonds is 4. The minimum absolute atomic E-state index is 0.0972. The minimum Gasteiger partial charge on any atom is -0.478 e. The summed E-state index contributed by atoms with van der Waals surface area (Å²) in [6, 6.07) is 3.63. The lowest BCUT2D eigenvalue weighted by molar-refractivity contribution is -0.130. The van der Waals surface area contributed by atoms with Gasteiger partial charge in [-0.1, -0.05) is 0 Å². The molecule has 0 bridgehead atoms. The maximum absolute atomic E-state index is 11.4. The lowest BCUT2D eigenvalue weighted by atomic mass is 10.0. The van der Waals surface area contributed by atoms with Gasteiger partial charge in [0.25, 0.3) is 0 Å². The maximum atomic E-state index is 11.4. The smallest absolute Gasteiger partial charge is 0.336 e. The Balaban J connectivity index is 2.22. The number of pyridine rings is 1. The highest BCUT2D eigenvalue weighted by Gasteiger charge is 2.17. The molecule has 0 aliphatic carbocycles. The third kappa shape index (κ3) is 3.81. The van der Waals surface area contributed by atoms with Gasteiger partial charge >= 0.3 is 5.97 Å². The van der Waals surface area contributed by atoms with Crippen molar-refractivity contribution < 1.29 is 14.6 Å². The van der Waals surface area contributed by atoms with E-state index in [0.29, 0.717) is 12.2 Å². The van der Waals surface area contributed by atoms with E-state index in [1.165, 1.54) is 11.8 Å². The summed E-state index contributed by atoms with van der Waals surface area (Å²) in [5, 5.41) is 10.2. The number of thioether (sulfide) groups is 1. The van der Waals surface area contributed by atoms with Gasteiger partial charge < -0.3 is 9.84 Å².